The van der Waals surface area contributed by atoms with Gasteiger partial charge in [-0.25, -0.2) is 9.37 Å². The molecule has 0 aliphatic heterocycles. The Hall–Kier alpha value is -1.75. The first-order valence-electron chi connectivity index (χ1n) is 7.19. The van der Waals surface area contributed by atoms with Gasteiger partial charge in [0.05, 0.1) is 12.2 Å². The highest BCUT2D eigenvalue weighted by atomic mass is 32.1. The van der Waals surface area contributed by atoms with Crippen molar-refractivity contribution in [3.8, 4) is 0 Å². The minimum Gasteiger partial charge on any atom is -0.389 e. The minimum atomic E-state index is -0.266. The second-order valence-electron chi connectivity index (χ2n) is 5.52. The summed E-state index contributed by atoms with van der Waals surface area (Å²) in [5, 5.41) is 0. The number of thiocarbonyl (C=S) groups is 1. The molecule has 0 spiro atoms. The summed E-state index contributed by atoms with van der Waals surface area (Å²) in [6.45, 7) is 2.50. The van der Waals surface area contributed by atoms with Crippen LogP contribution in [0.3, 0.4) is 0 Å². The number of nitrogens with zero attached hydrogens (tertiary/aromatic N) is 2. The zero-order valence-corrected chi connectivity index (χ0v) is 12.8. The molecule has 0 radical (unpaired) electrons. The van der Waals surface area contributed by atoms with E-state index in [9.17, 15) is 4.39 Å². The molecule has 0 amide bonds. The first kappa shape index (κ1) is 14.2. The third-order valence-corrected chi connectivity index (χ3v) is 4.33. The van der Waals surface area contributed by atoms with Crippen molar-refractivity contribution in [2.75, 3.05) is 0 Å². The highest BCUT2D eigenvalue weighted by Crippen LogP contribution is 2.23. The largest absolute Gasteiger partial charge is 0.389 e. The number of rotatable bonds is 3. The van der Waals surface area contributed by atoms with Crippen LogP contribution < -0.4 is 5.73 Å². The second-order valence-corrected chi connectivity index (χ2v) is 5.96. The van der Waals surface area contributed by atoms with Crippen LogP contribution in [-0.4, -0.2) is 14.5 Å². The van der Waals surface area contributed by atoms with Crippen molar-refractivity contribution in [3.63, 3.8) is 0 Å². The van der Waals surface area contributed by atoms with Crippen molar-refractivity contribution in [3.05, 3.63) is 52.4 Å². The molecule has 1 aromatic carbocycles. The van der Waals surface area contributed by atoms with Crippen LogP contribution in [0.15, 0.2) is 18.2 Å². The Bertz CT molecular complexity index is 706. The number of halogens is 1. The van der Waals surface area contributed by atoms with Crippen molar-refractivity contribution >= 4 is 17.2 Å². The van der Waals surface area contributed by atoms with Crippen molar-refractivity contribution < 1.29 is 4.39 Å². The number of benzene rings is 1. The van der Waals surface area contributed by atoms with Gasteiger partial charge in [0, 0.05) is 16.8 Å². The zero-order chi connectivity index (χ0) is 15.0. The van der Waals surface area contributed by atoms with Gasteiger partial charge in [-0.1, -0.05) is 24.4 Å². The van der Waals surface area contributed by atoms with E-state index in [1.807, 2.05) is 6.92 Å². The third kappa shape index (κ3) is 2.70. The van der Waals surface area contributed by atoms with Crippen LogP contribution in [0.2, 0.25) is 0 Å². The van der Waals surface area contributed by atoms with Gasteiger partial charge in [0.15, 0.2) is 0 Å². The van der Waals surface area contributed by atoms with Crippen LogP contribution in [0.4, 0.5) is 4.39 Å². The lowest BCUT2D eigenvalue weighted by atomic mass is 10.0. The van der Waals surface area contributed by atoms with Gasteiger partial charge in [-0.3, -0.25) is 0 Å². The summed E-state index contributed by atoms with van der Waals surface area (Å²) >= 11 is 4.88. The first-order valence-corrected chi connectivity index (χ1v) is 7.60. The van der Waals surface area contributed by atoms with Gasteiger partial charge in [0.1, 0.15) is 16.6 Å². The highest BCUT2D eigenvalue weighted by Gasteiger charge is 2.18. The maximum Gasteiger partial charge on any atom is 0.128 e. The number of aryl methyl sites for hydroxylation is 2. The Morgan fingerprint density at radius 2 is 2.14 bits per heavy atom. The van der Waals surface area contributed by atoms with Gasteiger partial charge >= 0.3 is 0 Å². The fourth-order valence-corrected chi connectivity index (χ4v) is 3.07. The summed E-state index contributed by atoms with van der Waals surface area (Å²) < 4.78 is 16.3. The molecule has 0 atom stereocenters. The summed E-state index contributed by atoms with van der Waals surface area (Å²) in [6.07, 6.45) is 4.44. The van der Waals surface area contributed by atoms with Crippen molar-refractivity contribution in [2.45, 2.75) is 39.2 Å². The van der Waals surface area contributed by atoms with Crippen LogP contribution in [-0.2, 0) is 19.4 Å². The van der Waals surface area contributed by atoms with Gasteiger partial charge in [-0.15, -0.1) is 0 Å². The Morgan fingerprint density at radius 1 is 1.38 bits per heavy atom. The quantitative estimate of drug-likeness (QED) is 0.887. The molecule has 1 aliphatic carbocycles. The lowest BCUT2D eigenvalue weighted by Crippen LogP contribution is -2.13. The maximum atomic E-state index is 14.2. The van der Waals surface area contributed by atoms with Gasteiger partial charge in [-0.05, 0) is 38.7 Å². The van der Waals surface area contributed by atoms with E-state index >= 15 is 0 Å². The molecule has 0 saturated heterocycles. The predicted molar refractivity (Wildman–Crippen MR) is 85.0 cm³/mol. The topological polar surface area (TPSA) is 43.8 Å². The average Bonchev–Trinajstić information content (AvgIpc) is 2.77. The Morgan fingerprint density at radius 3 is 2.86 bits per heavy atom. The monoisotopic (exact) mass is 303 g/mol. The number of aromatic nitrogens is 2. The van der Waals surface area contributed by atoms with Crippen LogP contribution in [0.1, 0.15) is 41.2 Å². The van der Waals surface area contributed by atoms with Crippen molar-refractivity contribution in [2.24, 2.45) is 5.73 Å². The van der Waals surface area contributed by atoms with Crippen molar-refractivity contribution in [1.29, 1.82) is 0 Å². The molecule has 2 N–H and O–H groups in total. The summed E-state index contributed by atoms with van der Waals surface area (Å²) in [5.74, 6) is 0.692. The third-order valence-electron chi connectivity index (χ3n) is 4.09. The predicted octanol–water partition coefficient (Wildman–Crippen LogP) is 2.89. The van der Waals surface area contributed by atoms with E-state index in [2.05, 4.69) is 9.55 Å². The molecule has 3 rings (SSSR count). The lowest BCUT2D eigenvalue weighted by molar-refractivity contribution is 0.582. The SMILES string of the molecule is Cc1nc2c(n1Cc1ccc(C(N)=S)cc1F)CCCC2. The van der Waals surface area contributed by atoms with Gasteiger partial charge < -0.3 is 10.3 Å². The molecule has 21 heavy (non-hydrogen) atoms. The lowest BCUT2D eigenvalue weighted by Gasteiger charge is -2.15. The molecule has 1 aliphatic rings. The minimum absolute atomic E-state index is 0.219. The fourth-order valence-electron chi connectivity index (χ4n) is 2.94. The van der Waals surface area contributed by atoms with Crippen molar-refractivity contribution in [1.82, 2.24) is 9.55 Å². The van der Waals surface area contributed by atoms with E-state index < -0.39 is 0 Å². The van der Waals surface area contributed by atoms with E-state index in [-0.39, 0.29) is 10.8 Å². The highest BCUT2D eigenvalue weighted by molar-refractivity contribution is 7.80. The number of hydrogen-bond donors (Lipinski definition) is 1. The molecule has 1 aromatic heterocycles. The van der Waals surface area contributed by atoms with E-state index in [1.165, 1.54) is 30.3 Å². The summed E-state index contributed by atoms with van der Waals surface area (Å²) in [7, 11) is 0. The van der Waals surface area contributed by atoms with Crippen LogP contribution in [0.25, 0.3) is 0 Å². The molecule has 0 saturated carbocycles. The molecule has 1 heterocycles. The molecule has 0 fully saturated rings. The standard InChI is InChI=1S/C16H18FN3S/c1-10-19-14-4-2-3-5-15(14)20(10)9-12-7-6-11(16(18)21)8-13(12)17/h6-8H,2-5,9H2,1H3,(H2,18,21). The van der Waals surface area contributed by atoms with Crippen LogP contribution in [0, 0.1) is 12.7 Å². The summed E-state index contributed by atoms with van der Waals surface area (Å²) in [5.41, 5.74) is 9.18. The molecular formula is C16H18FN3S. The number of hydrogen-bond acceptors (Lipinski definition) is 2. The number of imidazole rings is 1. The summed E-state index contributed by atoms with van der Waals surface area (Å²) in [6, 6.07) is 4.95. The van der Waals surface area contributed by atoms with Crippen LogP contribution >= 0.6 is 12.2 Å². The van der Waals surface area contributed by atoms with Gasteiger partial charge in [0.2, 0.25) is 0 Å². The molecule has 2 aromatic rings. The molecule has 0 unspecified atom stereocenters. The van der Waals surface area contributed by atoms with Gasteiger partial charge in [-0.2, -0.15) is 0 Å². The zero-order valence-electron chi connectivity index (χ0n) is 12.0. The average molecular weight is 303 g/mol. The summed E-state index contributed by atoms with van der Waals surface area (Å²) in [4.78, 5) is 4.84. The molecule has 3 nitrogen and oxygen atoms in total. The Balaban J connectivity index is 1.94. The first-order chi connectivity index (χ1) is 10.1. The number of nitrogens with two attached hydrogens (primary N) is 1. The molecule has 5 heteroatoms. The fraction of sp³-hybridized carbons (Fsp3) is 0.375. The number of fused-ring (bicyclic) bond motifs is 1. The normalized spacial score (nSPS) is 14.0. The Kier molecular flexibility index (Phi) is 3.76. The van der Waals surface area contributed by atoms with E-state index in [0.717, 1.165) is 18.7 Å². The van der Waals surface area contributed by atoms with Gasteiger partial charge in [0.25, 0.3) is 0 Å². The van der Waals surface area contributed by atoms with E-state index in [4.69, 9.17) is 18.0 Å². The Labute approximate surface area is 129 Å². The molecule has 110 valence electrons. The maximum absolute atomic E-state index is 14.2. The van der Waals surface area contributed by atoms with E-state index in [1.54, 1.807) is 12.1 Å². The molecular weight excluding hydrogens is 285 g/mol. The van der Waals surface area contributed by atoms with Crippen LogP contribution in [0.5, 0.6) is 0 Å². The van der Waals surface area contributed by atoms with E-state index in [0.29, 0.717) is 17.7 Å². The smallest absolute Gasteiger partial charge is 0.128 e. The second kappa shape index (κ2) is 5.56. The molecule has 0 bridgehead atoms.